The molecule has 1 amide bonds. The molecule has 0 fully saturated rings. The molecule has 0 aromatic heterocycles. The number of aliphatic hydroxyl groups excluding tert-OH is 1. The summed E-state index contributed by atoms with van der Waals surface area (Å²) >= 11 is 6.05. The van der Waals surface area contributed by atoms with Crippen LogP contribution >= 0.6 is 11.6 Å². The number of aliphatic hydroxyl groups is 1. The first-order valence-electron chi connectivity index (χ1n) is 4.99. The van der Waals surface area contributed by atoms with E-state index in [2.05, 4.69) is 5.32 Å². The Balaban J connectivity index is 2.53. The fourth-order valence-corrected chi connectivity index (χ4v) is 2.14. The minimum Gasteiger partial charge on any atom is -0.492 e. The van der Waals surface area contributed by atoms with Crippen molar-refractivity contribution in [3.05, 3.63) is 22.2 Å². The van der Waals surface area contributed by atoms with Crippen LogP contribution < -0.4 is 10.1 Å². The fourth-order valence-electron chi connectivity index (χ4n) is 1.84. The number of nitrogens with one attached hydrogen (secondary N) is 1. The smallest absolute Gasteiger partial charge is 0.221 e. The number of carbonyl (C=O) groups is 1. The molecule has 0 saturated carbocycles. The van der Waals surface area contributed by atoms with Gasteiger partial charge in [0.05, 0.1) is 23.9 Å². The molecular formula is C11H12ClNO3. The Bertz CT molecular complexity index is 445. The van der Waals surface area contributed by atoms with Crippen LogP contribution in [0, 0.1) is 0 Å². The van der Waals surface area contributed by atoms with E-state index in [9.17, 15) is 9.90 Å². The molecule has 0 bridgehead atoms. The number of hydrogen-bond acceptors (Lipinski definition) is 3. The van der Waals surface area contributed by atoms with Crippen molar-refractivity contribution < 1.29 is 14.6 Å². The molecule has 2 rings (SSSR count). The molecule has 0 radical (unpaired) electrons. The van der Waals surface area contributed by atoms with Crippen molar-refractivity contribution in [1.29, 1.82) is 0 Å². The van der Waals surface area contributed by atoms with E-state index in [0.717, 1.165) is 5.56 Å². The molecule has 4 nitrogen and oxygen atoms in total. The quantitative estimate of drug-likeness (QED) is 0.829. The van der Waals surface area contributed by atoms with E-state index in [4.69, 9.17) is 16.3 Å². The average molecular weight is 242 g/mol. The third-order valence-corrected chi connectivity index (χ3v) is 2.78. The zero-order valence-corrected chi connectivity index (χ0v) is 9.60. The molecule has 0 spiro atoms. The summed E-state index contributed by atoms with van der Waals surface area (Å²) < 4.78 is 5.43. The Hall–Kier alpha value is -1.26. The lowest BCUT2D eigenvalue weighted by Gasteiger charge is -2.12. The lowest BCUT2D eigenvalue weighted by Crippen LogP contribution is -2.08. The minimum absolute atomic E-state index is 0.123. The van der Waals surface area contributed by atoms with E-state index < -0.39 is 0 Å². The first-order valence-corrected chi connectivity index (χ1v) is 5.36. The second-order valence-corrected chi connectivity index (χ2v) is 4.05. The van der Waals surface area contributed by atoms with E-state index in [0.29, 0.717) is 35.1 Å². The van der Waals surface area contributed by atoms with Crippen LogP contribution in [0.4, 0.5) is 5.69 Å². The van der Waals surface area contributed by atoms with Crippen molar-refractivity contribution in [2.45, 2.75) is 20.0 Å². The predicted molar refractivity (Wildman–Crippen MR) is 60.9 cm³/mol. The molecule has 0 atom stereocenters. The van der Waals surface area contributed by atoms with Gasteiger partial charge in [-0.3, -0.25) is 4.79 Å². The minimum atomic E-state index is -0.173. The third-order valence-electron chi connectivity index (χ3n) is 2.48. The molecule has 0 saturated heterocycles. The van der Waals surface area contributed by atoms with Gasteiger partial charge in [-0.25, -0.2) is 0 Å². The topological polar surface area (TPSA) is 58.6 Å². The Morgan fingerprint density at radius 3 is 3.06 bits per heavy atom. The lowest BCUT2D eigenvalue weighted by atomic mass is 10.1. The number of halogens is 1. The van der Waals surface area contributed by atoms with Gasteiger partial charge in [-0.05, 0) is 6.07 Å². The number of rotatable bonds is 2. The van der Waals surface area contributed by atoms with Crippen LogP contribution in [0.3, 0.4) is 0 Å². The normalized spacial score (nSPS) is 13.2. The predicted octanol–water partition coefficient (Wildman–Crippen LogP) is 1.73. The molecule has 86 valence electrons. The number of amides is 1. The zero-order chi connectivity index (χ0) is 11.7. The average Bonchev–Trinajstić information content (AvgIpc) is 2.70. The van der Waals surface area contributed by atoms with Gasteiger partial charge in [-0.15, -0.1) is 0 Å². The Kier molecular flexibility index (Phi) is 3.03. The van der Waals surface area contributed by atoms with Crippen LogP contribution in [0.15, 0.2) is 6.07 Å². The second kappa shape index (κ2) is 4.31. The van der Waals surface area contributed by atoms with Gasteiger partial charge in [0.25, 0.3) is 0 Å². The zero-order valence-electron chi connectivity index (χ0n) is 8.84. The molecule has 16 heavy (non-hydrogen) atoms. The van der Waals surface area contributed by atoms with Crippen LogP contribution in [0.1, 0.15) is 18.1 Å². The van der Waals surface area contributed by atoms with Crippen LogP contribution in [0.25, 0.3) is 0 Å². The summed E-state index contributed by atoms with van der Waals surface area (Å²) in [5, 5.41) is 12.3. The lowest BCUT2D eigenvalue weighted by molar-refractivity contribution is -0.114. The van der Waals surface area contributed by atoms with E-state index in [1.807, 2.05) is 0 Å². The summed E-state index contributed by atoms with van der Waals surface area (Å²) in [6, 6.07) is 1.62. The van der Waals surface area contributed by atoms with Crippen molar-refractivity contribution in [3.8, 4) is 5.75 Å². The van der Waals surface area contributed by atoms with Gasteiger partial charge in [-0.1, -0.05) is 11.6 Å². The monoisotopic (exact) mass is 241 g/mol. The summed E-state index contributed by atoms with van der Waals surface area (Å²) in [6.45, 7) is 1.86. The van der Waals surface area contributed by atoms with Gasteiger partial charge in [-0.2, -0.15) is 0 Å². The molecule has 5 heteroatoms. The molecule has 1 heterocycles. The highest BCUT2D eigenvalue weighted by molar-refractivity contribution is 6.34. The molecule has 0 aliphatic carbocycles. The summed E-state index contributed by atoms with van der Waals surface area (Å²) in [5.41, 5.74) is 2.12. The number of ether oxygens (including phenoxy) is 1. The SMILES string of the molecule is CC(=O)Nc1c(Cl)cc(CO)c2c1CCO2. The Labute approximate surface area is 98.2 Å². The van der Waals surface area contributed by atoms with E-state index in [-0.39, 0.29) is 12.5 Å². The molecule has 2 N–H and O–H groups in total. The van der Waals surface area contributed by atoms with E-state index in [1.165, 1.54) is 6.92 Å². The van der Waals surface area contributed by atoms with Crippen molar-refractivity contribution in [2.75, 3.05) is 11.9 Å². The number of anilines is 1. The van der Waals surface area contributed by atoms with Crippen LogP contribution in [-0.4, -0.2) is 17.6 Å². The van der Waals surface area contributed by atoms with Crippen molar-refractivity contribution >= 4 is 23.2 Å². The van der Waals surface area contributed by atoms with Gasteiger partial charge in [0.1, 0.15) is 5.75 Å². The second-order valence-electron chi connectivity index (χ2n) is 3.64. The first kappa shape index (κ1) is 11.2. The maximum atomic E-state index is 11.1. The molecule has 1 aliphatic rings. The molecule has 1 aromatic rings. The van der Waals surface area contributed by atoms with Crippen LogP contribution in [-0.2, 0) is 17.8 Å². The van der Waals surface area contributed by atoms with Crippen molar-refractivity contribution in [1.82, 2.24) is 0 Å². The highest BCUT2D eigenvalue weighted by Crippen LogP contribution is 2.40. The largest absolute Gasteiger partial charge is 0.492 e. The highest BCUT2D eigenvalue weighted by atomic mass is 35.5. The Morgan fingerprint density at radius 1 is 1.69 bits per heavy atom. The first-order chi connectivity index (χ1) is 7.63. The highest BCUT2D eigenvalue weighted by Gasteiger charge is 2.23. The number of carbonyl (C=O) groups excluding carboxylic acids is 1. The van der Waals surface area contributed by atoms with Gasteiger partial charge < -0.3 is 15.2 Å². The van der Waals surface area contributed by atoms with Crippen LogP contribution in [0.5, 0.6) is 5.75 Å². The fraction of sp³-hybridized carbons (Fsp3) is 0.364. The molecular weight excluding hydrogens is 230 g/mol. The van der Waals surface area contributed by atoms with E-state index in [1.54, 1.807) is 6.07 Å². The summed E-state index contributed by atoms with van der Waals surface area (Å²) in [7, 11) is 0. The maximum Gasteiger partial charge on any atom is 0.221 e. The molecule has 0 unspecified atom stereocenters. The molecule has 1 aromatic carbocycles. The Morgan fingerprint density at radius 2 is 2.44 bits per heavy atom. The van der Waals surface area contributed by atoms with Crippen molar-refractivity contribution in [2.24, 2.45) is 0 Å². The summed E-state index contributed by atoms with van der Waals surface area (Å²) in [6.07, 6.45) is 0.693. The third kappa shape index (κ3) is 1.86. The maximum absolute atomic E-state index is 11.1. The number of benzene rings is 1. The summed E-state index contributed by atoms with van der Waals surface area (Å²) in [5.74, 6) is 0.475. The van der Waals surface area contributed by atoms with Gasteiger partial charge in [0.2, 0.25) is 5.91 Å². The molecule has 1 aliphatic heterocycles. The van der Waals surface area contributed by atoms with Crippen LogP contribution in [0.2, 0.25) is 5.02 Å². The summed E-state index contributed by atoms with van der Waals surface area (Å²) in [4.78, 5) is 11.1. The number of hydrogen-bond donors (Lipinski definition) is 2. The van der Waals surface area contributed by atoms with E-state index >= 15 is 0 Å². The standard InChI is InChI=1S/C11H12ClNO3/c1-6(15)13-10-8-2-3-16-11(8)7(5-14)4-9(10)12/h4,14H,2-3,5H2,1H3,(H,13,15). The van der Waals surface area contributed by atoms with Gasteiger partial charge >= 0.3 is 0 Å². The van der Waals surface area contributed by atoms with Crippen molar-refractivity contribution in [3.63, 3.8) is 0 Å². The number of fused-ring (bicyclic) bond motifs is 1. The van der Waals surface area contributed by atoms with Gasteiger partial charge in [0, 0.05) is 24.5 Å². The van der Waals surface area contributed by atoms with Gasteiger partial charge in [0.15, 0.2) is 0 Å².